The number of piperazine rings is 1. The zero-order chi connectivity index (χ0) is 24.2. The summed E-state index contributed by atoms with van der Waals surface area (Å²) in [7, 11) is -3.66. The van der Waals surface area contributed by atoms with Crippen LogP contribution in [0.15, 0.2) is 16.3 Å². The van der Waals surface area contributed by atoms with Gasteiger partial charge in [0.1, 0.15) is 16.3 Å². The van der Waals surface area contributed by atoms with Gasteiger partial charge in [0, 0.05) is 26.2 Å². The Morgan fingerprint density at radius 2 is 1.85 bits per heavy atom. The second-order valence-electron chi connectivity index (χ2n) is 10.1. The highest BCUT2D eigenvalue weighted by Gasteiger charge is 2.56. The van der Waals surface area contributed by atoms with Crippen LogP contribution in [0.4, 0.5) is 4.79 Å². The van der Waals surface area contributed by atoms with Gasteiger partial charge in [0.05, 0.1) is 4.34 Å². The zero-order valence-corrected chi connectivity index (χ0v) is 21.4. The molecule has 1 spiro atoms. The molecule has 0 aromatic carbocycles. The minimum atomic E-state index is -3.66. The molecule has 12 heteroatoms. The van der Waals surface area contributed by atoms with E-state index >= 15 is 0 Å². The predicted octanol–water partition coefficient (Wildman–Crippen LogP) is 2.37. The lowest BCUT2D eigenvalue weighted by Crippen LogP contribution is -2.55. The Labute approximate surface area is 203 Å². The van der Waals surface area contributed by atoms with E-state index < -0.39 is 21.6 Å². The van der Waals surface area contributed by atoms with E-state index in [9.17, 15) is 22.8 Å². The summed E-state index contributed by atoms with van der Waals surface area (Å²) in [6.07, 6.45) is 2.08. The molecule has 3 fully saturated rings. The van der Waals surface area contributed by atoms with Crippen molar-refractivity contribution in [1.82, 2.24) is 19.4 Å². The van der Waals surface area contributed by atoms with Crippen LogP contribution in [-0.4, -0.2) is 78.6 Å². The molecule has 2 atom stereocenters. The van der Waals surface area contributed by atoms with E-state index in [4.69, 9.17) is 11.6 Å². The number of amides is 4. The summed E-state index contributed by atoms with van der Waals surface area (Å²) in [5, 5.41) is 2.88. The molecule has 1 aliphatic carbocycles. The average Bonchev–Trinajstić information content (AvgIpc) is 3.24. The molecule has 4 rings (SSSR count). The number of carbonyl (C=O) groups is 3. The van der Waals surface area contributed by atoms with Crippen LogP contribution in [0.25, 0.3) is 0 Å². The topological polar surface area (TPSA) is 107 Å². The van der Waals surface area contributed by atoms with Crippen LogP contribution in [-0.2, 0) is 19.6 Å². The molecule has 4 amide bonds. The number of carbonyl (C=O) groups excluding carboxylic acids is 3. The smallest absolute Gasteiger partial charge is 0.325 e. The molecule has 1 aromatic heterocycles. The number of sulfonamides is 1. The van der Waals surface area contributed by atoms with Crippen molar-refractivity contribution >= 4 is 50.8 Å². The number of thiophene rings is 1. The van der Waals surface area contributed by atoms with Crippen LogP contribution >= 0.6 is 22.9 Å². The van der Waals surface area contributed by atoms with Crippen molar-refractivity contribution in [2.24, 2.45) is 11.3 Å². The van der Waals surface area contributed by atoms with E-state index in [1.54, 1.807) is 0 Å². The van der Waals surface area contributed by atoms with Gasteiger partial charge >= 0.3 is 6.03 Å². The first-order valence-corrected chi connectivity index (χ1v) is 13.6. The van der Waals surface area contributed by atoms with Gasteiger partial charge < -0.3 is 10.2 Å². The number of urea groups is 1. The minimum absolute atomic E-state index is 0.0881. The Hall–Kier alpha value is -1.69. The monoisotopic (exact) mass is 516 g/mol. The molecule has 2 saturated heterocycles. The standard InChI is InChI=1S/C21H29ClN4O5S2/c1-14-10-20(2,3)13-21(11-14)18(28)26(19(29)23-21)12-16(27)24-6-8-25(9-7-24)33(30,31)17-5-4-15(22)32-17/h4-5,14H,6-13H2,1-3H3,(H,23,29)/t14-,21-/m1/s1. The largest absolute Gasteiger partial charge is 0.338 e. The fourth-order valence-electron chi connectivity index (χ4n) is 5.63. The van der Waals surface area contributed by atoms with Gasteiger partial charge in [0.2, 0.25) is 5.91 Å². The number of nitrogens with zero attached hydrogens (tertiary/aromatic N) is 3. The van der Waals surface area contributed by atoms with Crippen molar-refractivity contribution in [3.8, 4) is 0 Å². The molecular formula is C21H29ClN4O5S2. The van der Waals surface area contributed by atoms with Gasteiger partial charge in [0.25, 0.3) is 15.9 Å². The molecule has 182 valence electrons. The third-order valence-corrected chi connectivity index (χ3v) is 10.2. The average molecular weight is 517 g/mol. The molecular weight excluding hydrogens is 488 g/mol. The van der Waals surface area contributed by atoms with Gasteiger partial charge in [-0.25, -0.2) is 13.2 Å². The van der Waals surface area contributed by atoms with Gasteiger partial charge in [0.15, 0.2) is 0 Å². The van der Waals surface area contributed by atoms with E-state index in [1.165, 1.54) is 21.3 Å². The fourth-order valence-corrected chi connectivity index (χ4v) is 8.69. The Morgan fingerprint density at radius 3 is 2.42 bits per heavy atom. The number of nitrogens with one attached hydrogen (secondary N) is 1. The van der Waals surface area contributed by atoms with E-state index in [0.717, 1.165) is 22.7 Å². The number of hydrogen-bond acceptors (Lipinski definition) is 6. The lowest BCUT2D eigenvalue weighted by Gasteiger charge is -2.43. The summed E-state index contributed by atoms with van der Waals surface area (Å²) in [5.41, 5.74) is -1.04. The Kier molecular flexibility index (Phi) is 6.30. The predicted molar refractivity (Wildman–Crippen MR) is 124 cm³/mol. The lowest BCUT2D eigenvalue weighted by atomic mass is 9.64. The number of halogens is 1. The van der Waals surface area contributed by atoms with Crippen molar-refractivity contribution in [3.05, 3.63) is 16.5 Å². The highest BCUT2D eigenvalue weighted by atomic mass is 35.5. The minimum Gasteiger partial charge on any atom is -0.338 e. The summed E-state index contributed by atoms with van der Waals surface area (Å²) in [6.45, 7) is 6.58. The first kappa shape index (κ1) is 24.4. The van der Waals surface area contributed by atoms with Gasteiger partial charge in [-0.05, 0) is 42.7 Å². The van der Waals surface area contributed by atoms with Crippen molar-refractivity contribution in [2.45, 2.75) is 49.8 Å². The number of rotatable bonds is 4. The van der Waals surface area contributed by atoms with Crippen LogP contribution in [0.1, 0.15) is 40.0 Å². The van der Waals surface area contributed by atoms with Crippen molar-refractivity contribution < 1.29 is 22.8 Å². The van der Waals surface area contributed by atoms with Gasteiger partial charge in [-0.3, -0.25) is 14.5 Å². The summed E-state index contributed by atoms with van der Waals surface area (Å²) in [5.74, 6) is -0.423. The molecule has 3 aliphatic rings. The molecule has 0 unspecified atom stereocenters. The van der Waals surface area contributed by atoms with Crippen LogP contribution in [0.2, 0.25) is 4.34 Å². The normalized spacial score (nSPS) is 28.4. The Morgan fingerprint density at radius 1 is 1.18 bits per heavy atom. The Balaban J connectivity index is 1.38. The summed E-state index contributed by atoms with van der Waals surface area (Å²) >= 11 is 6.86. The summed E-state index contributed by atoms with van der Waals surface area (Å²) < 4.78 is 27.4. The van der Waals surface area contributed by atoms with Gasteiger partial charge in [-0.1, -0.05) is 32.4 Å². The van der Waals surface area contributed by atoms with Crippen LogP contribution < -0.4 is 5.32 Å². The van der Waals surface area contributed by atoms with E-state index in [0.29, 0.717) is 17.2 Å². The molecule has 0 radical (unpaired) electrons. The highest BCUT2D eigenvalue weighted by molar-refractivity contribution is 7.91. The zero-order valence-electron chi connectivity index (χ0n) is 19.0. The van der Waals surface area contributed by atoms with E-state index in [-0.39, 0.29) is 60.1 Å². The highest BCUT2D eigenvalue weighted by Crippen LogP contribution is 2.46. The molecule has 33 heavy (non-hydrogen) atoms. The van der Waals surface area contributed by atoms with Crippen molar-refractivity contribution in [3.63, 3.8) is 0 Å². The van der Waals surface area contributed by atoms with Crippen molar-refractivity contribution in [2.75, 3.05) is 32.7 Å². The molecule has 3 heterocycles. The van der Waals surface area contributed by atoms with Crippen LogP contribution in [0.3, 0.4) is 0 Å². The maximum Gasteiger partial charge on any atom is 0.325 e. The third-order valence-electron chi connectivity index (χ3n) is 6.65. The summed E-state index contributed by atoms with van der Waals surface area (Å²) in [6, 6.07) is 2.48. The Bertz CT molecular complexity index is 1080. The quantitative estimate of drug-likeness (QED) is 0.618. The molecule has 2 aliphatic heterocycles. The molecule has 9 nitrogen and oxygen atoms in total. The van der Waals surface area contributed by atoms with Crippen LogP contribution in [0.5, 0.6) is 0 Å². The van der Waals surface area contributed by atoms with E-state index in [2.05, 4.69) is 26.1 Å². The van der Waals surface area contributed by atoms with Crippen molar-refractivity contribution in [1.29, 1.82) is 0 Å². The molecule has 1 N–H and O–H groups in total. The van der Waals surface area contributed by atoms with Gasteiger partial charge in [-0.2, -0.15) is 4.31 Å². The second kappa shape index (κ2) is 8.51. The summed E-state index contributed by atoms with van der Waals surface area (Å²) in [4.78, 5) is 41.4. The molecule has 0 bridgehead atoms. The molecule has 1 aromatic rings. The molecule has 1 saturated carbocycles. The SMILES string of the molecule is C[C@@H]1CC(C)(C)C[C@@]2(C1)NC(=O)N(CC(=O)N1CCN(S(=O)(=O)c3ccc(Cl)s3)CC1)C2=O. The number of imide groups is 1. The maximum atomic E-state index is 13.3. The van der Waals surface area contributed by atoms with E-state index in [1.807, 2.05) is 0 Å². The fraction of sp³-hybridized carbons (Fsp3) is 0.667. The van der Waals surface area contributed by atoms with Crippen LogP contribution in [0, 0.1) is 11.3 Å². The first-order chi connectivity index (χ1) is 15.3. The maximum absolute atomic E-state index is 13.3. The third kappa shape index (κ3) is 4.65. The first-order valence-electron chi connectivity index (χ1n) is 11.0. The lowest BCUT2D eigenvalue weighted by molar-refractivity contribution is -0.141. The van der Waals surface area contributed by atoms with Gasteiger partial charge in [-0.15, -0.1) is 11.3 Å². The number of hydrogen-bond donors (Lipinski definition) is 1. The second-order valence-corrected chi connectivity index (χ2v) is 14.0.